The maximum absolute atomic E-state index is 11.4. The Morgan fingerprint density at radius 3 is 2.35 bits per heavy atom. The first kappa shape index (κ1) is 17.4. The Bertz CT molecular complexity index is 1090. The van der Waals surface area contributed by atoms with Crippen molar-refractivity contribution in [3.8, 4) is 17.2 Å². The number of carbonyl (C=O) groups is 1. The van der Waals surface area contributed by atoms with Crippen LogP contribution in [0.15, 0.2) is 12.1 Å². The molecule has 1 aromatic heterocycles. The SMILES string of the molecule is Cc1c(O)c(C(=N)CCN)c2nc3c(O)ccc(C(=O)O)c3nc2c1O. The summed E-state index contributed by atoms with van der Waals surface area (Å²) in [5.41, 5.74) is 5.08. The van der Waals surface area contributed by atoms with E-state index in [4.69, 9.17) is 11.1 Å². The highest BCUT2D eigenvalue weighted by Crippen LogP contribution is 2.39. The topological polar surface area (TPSA) is 174 Å². The van der Waals surface area contributed by atoms with Crippen molar-refractivity contribution in [2.75, 3.05) is 6.54 Å². The van der Waals surface area contributed by atoms with Crippen molar-refractivity contribution in [3.63, 3.8) is 0 Å². The van der Waals surface area contributed by atoms with Crippen molar-refractivity contribution in [1.29, 1.82) is 5.41 Å². The molecule has 0 atom stereocenters. The second-order valence-corrected chi connectivity index (χ2v) is 5.77. The van der Waals surface area contributed by atoms with Crippen LogP contribution in [0.4, 0.5) is 0 Å². The van der Waals surface area contributed by atoms with Gasteiger partial charge in [0.05, 0.1) is 11.1 Å². The number of aromatic carboxylic acids is 1. The number of nitrogens with zero attached hydrogens (tertiary/aromatic N) is 2. The van der Waals surface area contributed by atoms with Crippen molar-refractivity contribution in [2.24, 2.45) is 5.73 Å². The van der Waals surface area contributed by atoms with Crippen LogP contribution in [0.3, 0.4) is 0 Å². The quantitative estimate of drug-likeness (QED) is 0.302. The summed E-state index contributed by atoms with van der Waals surface area (Å²) in [6.45, 7) is 1.60. The van der Waals surface area contributed by atoms with Gasteiger partial charge < -0.3 is 31.6 Å². The fraction of sp³-hybridized carbons (Fsp3) is 0.176. The second-order valence-electron chi connectivity index (χ2n) is 5.77. The average molecular weight is 356 g/mol. The molecule has 9 nitrogen and oxygen atoms in total. The van der Waals surface area contributed by atoms with Crippen LogP contribution in [0.5, 0.6) is 17.2 Å². The van der Waals surface area contributed by atoms with E-state index in [2.05, 4.69) is 9.97 Å². The van der Waals surface area contributed by atoms with Gasteiger partial charge in [-0.2, -0.15) is 0 Å². The molecule has 0 saturated heterocycles. The third kappa shape index (κ3) is 2.45. The number of hydrogen-bond donors (Lipinski definition) is 6. The molecule has 2 aromatic carbocycles. The van der Waals surface area contributed by atoms with E-state index < -0.39 is 5.97 Å². The number of fused-ring (bicyclic) bond motifs is 2. The Morgan fingerprint density at radius 1 is 1.08 bits per heavy atom. The van der Waals surface area contributed by atoms with Crippen molar-refractivity contribution < 1.29 is 25.2 Å². The molecule has 0 amide bonds. The zero-order chi connectivity index (χ0) is 19.2. The normalized spacial score (nSPS) is 11.2. The Balaban J connectivity index is 2.54. The minimum atomic E-state index is -1.27. The molecule has 3 aromatic rings. The third-order valence-corrected chi connectivity index (χ3v) is 4.14. The summed E-state index contributed by atoms with van der Waals surface area (Å²) in [6.07, 6.45) is 0.147. The maximum atomic E-state index is 11.4. The summed E-state index contributed by atoms with van der Waals surface area (Å²) in [6, 6.07) is 2.35. The van der Waals surface area contributed by atoms with Gasteiger partial charge in [0.2, 0.25) is 0 Å². The van der Waals surface area contributed by atoms with E-state index >= 15 is 0 Å². The standard InChI is InChI=1S/C17H16N4O5/c1-6-15(23)10(8(19)4-5-18)13-14(16(6)24)20-11-7(17(25)26)2-3-9(22)12(11)21-13/h2-3,19,22-24H,4-5,18H2,1H3,(H,25,26). The first-order valence-electron chi connectivity index (χ1n) is 7.67. The first-order valence-corrected chi connectivity index (χ1v) is 7.67. The molecule has 0 fully saturated rings. The van der Waals surface area contributed by atoms with Crippen LogP contribution >= 0.6 is 0 Å². The summed E-state index contributed by atoms with van der Waals surface area (Å²) in [7, 11) is 0. The largest absolute Gasteiger partial charge is 0.507 e. The molecule has 9 heteroatoms. The molecule has 7 N–H and O–H groups in total. The van der Waals surface area contributed by atoms with Crippen LogP contribution in [-0.2, 0) is 0 Å². The lowest BCUT2D eigenvalue weighted by Gasteiger charge is -2.15. The highest BCUT2D eigenvalue weighted by Gasteiger charge is 2.24. The smallest absolute Gasteiger partial charge is 0.337 e. The van der Waals surface area contributed by atoms with Crippen LogP contribution < -0.4 is 5.73 Å². The molecule has 3 rings (SSSR count). The zero-order valence-electron chi connectivity index (χ0n) is 13.7. The van der Waals surface area contributed by atoms with Gasteiger partial charge in [-0.05, 0) is 25.6 Å². The average Bonchev–Trinajstić information content (AvgIpc) is 2.59. The molecule has 1 heterocycles. The summed E-state index contributed by atoms with van der Waals surface area (Å²) in [4.78, 5) is 19.8. The van der Waals surface area contributed by atoms with Gasteiger partial charge in [0, 0.05) is 17.7 Å². The number of aromatic hydroxyl groups is 3. The fourth-order valence-corrected chi connectivity index (χ4v) is 2.78. The van der Waals surface area contributed by atoms with Crippen molar-refractivity contribution in [3.05, 3.63) is 28.8 Å². The first-order chi connectivity index (χ1) is 12.3. The number of aromatic nitrogens is 2. The number of phenolic OH excluding ortho intramolecular Hbond substituents is 3. The third-order valence-electron chi connectivity index (χ3n) is 4.14. The molecule has 26 heavy (non-hydrogen) atoms. The number of benzene rings is 2. The summed E-state index contributed by atoms with van der Waals surface area (Å²) >= 11 is 0. The van der Waals surface area contributed by atoms with E-state index in [9.17, 15) is 25.2 Å². The highest BCUT2D eigenvalue weighted by molar-refractivity contribution is 6.14. The minimum Gasteiger partial charge on any atom is -0.507 e. The van der Waals surface area contributed by atoms with Gasteiger partial charge in [-0.1, -0.05) is 0 Å². The van der Waals surface area contributed by atoms with E-state index in [1.165, 1.54) is 19.1 Å². The van der Waals surface area contributed by atoms with Gasteiger partial charge >= 0.3 is 5.97 Å². The molecular weight excluding hydrogens is 340 g/mol. The zero-order valence-corrected chi connectivity index (χ0v) is 13.7. The summed E-state index contributed by atoms with van der Waals surface area (Å²) in [5, 5.41) is 48.3. The molecule has 0 aliphatic rings. The Kier molecular flexibility index (Phi) is 4.09. The molecule has 0 bridgehead atoms. The van der Waals surface area contributed by atoms with Gasteiger partial charge in [-0.25, -0.2) is 14.8 Å². The van der Waals surface area contributed by atoms with Crippen LogP contribution in [0.1, 0.15) is 27.9 Å². The highest BCUT2D eigenvalue weighted by atomic mass is 16.4. The summed E-state index contributed by atoms with van der Waals surface area (Å²) < 4.78 is 0. The van der Waals surface area contributed by atoms with E-state index in [1.807, 2.05) is 0 Å². The number of rotatable bonds is 4. The number of nitrogens with two attached hydrogens (primary N) is 1. The molecule has 0 spiro atoms. The maximum Gasteiger partial charge on any atom is 0.337 e. The van der Waals surface area contributed by atoms with Gasteiger partial charge in [-0.15, -0.1) is 0 Å². The Labute approximate surface area is 146 Å². The van der Waals surface area contributed by atoms with E-state index in [1.54, 1.807) is 0 Å². The molecule has 0 unspecified atom stereocenters. The van der Waals surface area contributed by atoms with Gasteiger partial charge in [0.15, 0.2) is 0 Å². The molecule has 0 radical (unpaired) electrons. The van der Waals surface area contributed by atoms with Crippen LogP contribution in [0.25, 0.3) is 22.1 Å². The predicted octanol–water partition coefficient (Wildman–Crippen LogP) is 1.62. The predicted molar refractivity (Wildman–Crippen MR) is 94.2 cm³/mol. The van der Waals surface area contributed by atoms with E-state index in [0.717, 1.165) is 0 Å². The van der Waals surface area contributed by atoms with Crippen LogP contribution in [-0.4, -0.2) is 48.6 Å². The van der Waals surface area contributed by atoms with Gasteiger partial charge in [-0.3, -0.25) is 0 Å². The monoisotopic (exact) mass is 356 g/mol. The molecule has 0 aliphatic heterocycles. The fourth-order valence-electron chi connectivity index (χ4n) is 2.78. The number of phenols is 3. The van der Waals surface area contributed by atoms with Crippen LogP contribution in [0, 0.1) is 12.3 Å². The van der Waals surface area contributed by atoms with Gasteiger partial charge in [0.25, 0.3) is 0 Å². The van der Waals surface area contributed by atoms with Crippen molar-refractivity contribution in [1.82, 2.24) is 9.97 Å². The Morgan fingerprint density at radius 2 is 1.73 bits per heavy atom. The van der Waals surface area contributed by atoms with Crippen molar-refractivity contribution >= 4 is 33.7 Å². The lowest BCUT2D eigenvalue weighted by molar-refractivity contribution is 0.0699. The number of carboxylic acids is 1. The van der Waals surface area contributed by atoms with E-state index in [0.29, 0.717) is 0 Å². The molecule has 0 aliphatic carbocycles. The second kappa shape index (κ2) is 6.12. The molecule has 134 valence electrons. The van der Waals surface area contributed by atoms with Crippen molar-refractivity contribution in [2.45, 2.75) is 13.3 Å². The lowest BCUT2D eigenvalue weighted by atomic mass is 9.99. The minimum absolute atomic E-state index is 0.0133. The van der Waals surface area contributed by atoms with Gasteiger partial charge in [0.1, 0.15) is 39.3 Å². The number of carboxylic acid groups (broad SMARTS) is 1. The van der Waals surface area contributed by atoms with Crippen LogP contribution in [0.2, 0.25) is 0 Å². The number of hydrogen-bond acceptors (Lipinski definition) is 8. The number of nitrogens with one attached hydrogen (secondary N) is 1. The Hall–Kier alpha value is -3.46. The summed E-state index contributed by atoms with van der Waals surface area (Å²) in [5.74, 6) is -2.29. The lowest BCUT2D eigenvalue weighted by Crippen LogP contribution is -2.11. The van der Waals surface area contributed by atoms with E-state index in [-0.39, 0.29) is 74.7 Å². The molecular formula is C17H16N4O5. The molecule has 0 saturated carbocycles.